The third kappa shape index (κ3) is 3.36. The fourth-order valence-electron chi connectivity index (χ4n) is 0.440. The van der Waals surface area contributed by atoms with Crippen molar-refractivity contribution in [3.05, 3.63) is 0 Å². The smallest absolute Gasteiger partial charge is 0.0392 e. The Bertz CT molecular complexity index is 25.2. The van der Waals surface area contributed by atoms with Crippen molar-refractivity contribution in [2.24, 2.45) is 0 Å². The van der Waals surface area contributed by atoms with Crippen molar-refractivity contribution in [2.45, 2.75) is 6.42 Å². The summed E-state index contributed by atoms with van der Waals surface area (Å²) in [7, 11) is 0. The molecule has 3 heteroatoms. The minimum absolute atomic E-state index is 0. The minimum Gasteiger partial charge on any atom is -0.151 e. The standard InChI is InChI=1S/C4H8S2.B/c1-2-5-4-6-3-1;/h1-4H2;. The summed E-state index contributed by atoms with van der Waals surface area (Å²) in [5.74, 6) is 2.79. The van der Waals surface area contributed by atoms with E-state index < -0.39 is 0 Å². The van der Waals surface area contributed by atoms with Crippen molar-refractivity contribution in [3.63, 3.8) is 0 Å². The molecule has 0 aromatic carbocycles. The van der Waals surface area contributed by atoms with E-state index in [9.17, 15) is 0 Å². The van der Waals surface area contributed by atoms with Crippen molar-refractivity contribution in [3.8, 4) is 0 Å². The Balaban J connectivity index is 0.000000360. The van der Waals surface area contributed by atoms with E-state index in [1.807, 2.05) is 0 Å². The quantitative estimate of drug-likeness (QED) is 0.456. The lowest BCUT2D eigenvalue weighted by atomic mass is 10.6. The fourth-order valence-corrected chi connectivity index (χ4v) is 2.73. The Morgan fingerprint density at radius 3 is 1.71 bits per heavy atom. The molecule has 1 rings (SSSR count). The Labute approximate surface area is 55.4 Å². The average molecular weight is 131 g/mol. The van der Waals surface area contributed by atoms with E-state index in [-0.39, 0.29) is 8.41 Å². The molecule has 0 amide bonds. The molecule has 1 heterocycles. The molecule has 7 heavy (non-hydrogen) atoms. The molecule has 1 saturated heterocycles. The van der Waals surface area contributed by atoms with Gasteiger partial charge >= 0.3 is 0 Å². The van der Waals surface area contributed by atoms with Gasteiger partial charge in [-0.2, -0.15) is 23.5 Å². The maximum absolute atomic E-state index is 2.06. The lowest BCUT2D eigenvalue weighted by molar-refractivity contribution is 1.12. The maximum atomic E-state index is 2.06. The first-order valence-electron chi connectivity index (χ1n) is 2.15. The van der Waals surface area contributed by atoms with Gasteiger partial charge in [0.25, 0.3) is 0 Å². The van der Waals surface area contributed by atoms with E-state index in [1.54, 1.807) is 0 Å². The molecule has 0 aromatic heterocycles. The molecule has 1 aliphatic rings. The van der Waals surface area contributed by atoms with Gasteiger partial charge in [-0.3, -0.25) is 0 Å². The second kappa shape index (κ2) is 4.91. The summed E-state index contributed by atoms with van der Waals surface area (Å²) in [5.41, 5.74) is 0. The molecule has 1 fully saturated rings. The van der Waals surface area contributed by atoms with Gasteiger partial charge in [0, 0.05) is 13.5 Å². The van der Waals surface area contributed by atoms with Crippen molar-refractivity contribution in [2.75, 3.05) is 16.6 Å². The van der Waals surface area contributed by atoms with Crippen LogP contribution in [-0.2, 0) is 0 Å². The minimum atomic E-state index is 0. The highest BCUT2D eigenvalue weighted by molar-refractivity contribution is 8.16. The zero-order valence-electron chi connectivity index (χ0n) is 4.22. The van der Waals surface area contributed by atoms with Gasteiger partial charge in [-0.05, 0) is 17.9 Å². The molecule has 3 radical (unpaired) electrons. The van der Waals surface area contributed by atoms with E-state index in [0.717, 1.165) is 0 Å². The van der Waals surface area contributed by atoms with Crippen LogP contribution in [0.1, 0.15) is 6.42 Å². The fraction of sp³-hybridized carbons (Fsp3) is 1.00. The summed E-state index contributed by atoms with van der Waals surface area (Å²) in [5, 5.41) is 1.33. The van der Waals surface area contributed by atoms with Crippen LogP contribution < -0.4 is 0 Å². The third-order valence-electron chi connectivity index (χ3n) is 0.744. The predicted molar refractivity (Wildman–Crippen MR) is 40.2 cm³/mol. The molecule has 0 unspecified atom stereocenters. The summed E-state index contributed by atoms with van der Waals surface area (Å²) in [6, 6.07) is 0. The summed E-state index contributed by atoms with van der Waals surface area (Å²) in [6.07, 6.45) is 1.43. The zero-order valence-corrected chi connectivity index (χ0v) is 5.86. The molecule has 39 valence electrons. The van der Waals surface area contributed by atoms with Gasteiger partial charge in [0.1, 0.15) is 0 Å². The molecular formula is C4H8BS2. The molecular weight excluding hydrogens is 123 g/mol. The van der Waals surface area contributed by atoms with Crippen molar-refractivity contribution in [1.82, 2.24) is 0 Å². The van der Waals surface area contributed by atoms with Crippen molar-refractivity contribution in [1.29, 1.82) is 0 Å². The lowest BCUT2D eigenvalue weighted by Crippen LogP contribution is -1.90. The number of hydrogen-bond donors (Lipinski definition) is 0. The van der Waals surface area contributed by atoms with Crippen molar-refractivity contribution < 1.29 is 0 Å². The molecule has 0 aliphatic carbocycles. The highest BCUT2D eigenvalue weighted by Crippen LogP contribution is 2.19. The molecule has 0 saturated carbocycles. The Morgan fingerprint density at radius 2 is 1.57 bits per heavy atom. The molecule has 0 nitrogen and oxygen atoms in total. The highest BCUT2D eigenvalue weighted by Gasteiger charge is 1.95. The monoisotopic (exact) mass is 131 g/mol. The van der Waals surface area contributed by atoms with Gasteiger partial charge in [-0.15, -0.1) is 0 Å². The van der Waals surface area contributed by atoms with Crippen LogP contribution in [0.2, 0.25) is 0 Å². The van der Waals surface area contributed by atoms with Gasteiger partial charge in [0.05, 0.1) is 0 Å². The van der Waals surface area contributed by atoms with Gasteiger partial charge in [-0.25, -0.2) is 0 Å². The number of hydrogen-bond acceptors (Lipinski definition) is 2. The summed E-state index contributed by atoms with van der Waals surface area (Å²) in [6.45, 7) is 0. The van der Waals surface area contributed by atoms with Crippen LogP contribution in [0.15, 0.2) is 0 Å². The second-order valence-corrected chi connectivity index (χ2v) is 3.86. The SMILES string of the molecule is C1CSCSC1.[B]. The zero-order chi connectivity index (χ0) is 4.24. The molecule has 1 aliphatic heterocycles. The van der Waals surface area contributed by atoms with Gasteiger partial charge in [0.2, 0.25) is 0 Å². The Morgan fingerprint density at radius 1 is 1.00 bits per heavy atom. The van der Waals surface area contributed by atoms with Crippen LogP contribution in [0.25, 0.3) is 0 Å². The largest absolute Gasteiger partial charge is 0.151 e. The average Bonchev–Trinajstić information content (AvgIpc) is 1.72. The lowest BCUT2D eigenvalue weighted by Gasteiger charge is -2.05. The summed E-state index contributed by atoms with van der Waals surface area (Å²) in [4.78, 5) is 0. The van der Waals surface area contributed by atoms with Crippen LogP contribution in [0, 0.1) is 0 Å². The van der Waals surface area contributed by atoms with Crippen LogP contribution in [0.4, 0.5) is 0 Å². The van der Waals surface area contributed by atoms with E-state index in [1.165, 1.54) is 23.0 Å². The molecule has 0 spiro atoms. The first-order valence-corrected chi connectivity index (χ1v) is 4.46. The first kappa shape index (κ1) is 7.76. The van der Waals surface area contributed by atoms with Crippen molar-refractivity contribution >= 4 is 31.9 Å². The van der Waals surface area contributed by atoms with Gasteiger partial charge in [-0.1, -0.05) is 0 Å². The highest BCUT2D eigenvalue weighted by atomic mass is 32.2. The predicted octanol–water partition coefficient (Wildman–Crippen LogP) is 1.43. The van der Waals surface area contributed by atoms with Crippen LogP contribution >= 0.6 is 23.5 Å². The van der Waals surface area contributed by atoms with Crippen LogP contribution in [-0.4, -0.2) is 25.0 Å². The van der Waals surface area contributed by atoms with E-state index in [2.05, 4.69) is 23.5 Å². The van der Waals surface area contributed by atoms with Gasteiger partial charge in [0.15, 0.2) is 0 Å². The normalized spacial score (nSPS) is 20.6. The molecule has 0 aromatic rings. The van der Waals surface area contributed by atoms with E-state index in [0.29, 0.717) is 0 Å². The topological polar surface area (TPSA) is 0 Å². The third-order valence-corrected chi connectivity index (χ3v) is 3.23. The van der Waals surface area contributed by atoms with E-state index >= 15 is 0 Å². The summed E-state index contributed by atoms with van der Waals surface area (Å²) < 4.78 is 0. The maximum Gasteiger partial charge on any atom is 0.0392 e. The van der Waals surface area contributed by atoms with Crippen LogP contribution in [0.5, 0.6) is 0 Å². The number of thioether (sulfide) groups is 2. The van der Waals surface area contributed by atoms with E-state index in [4.69, 9.17) is 0 Å². The first-order chi connectivity index (χ1) is 3.00. The molecule has 0 atom stereocenters. The molecule has 0 bridgehead atoms. The second-order valence-electron chi connectivity index (χ2n) is 1.29. The Kier molecular flexibility index (Phi) is 5.45. The molecule has 0 N–H and O–H groups in total. The Hall–Kier alpha value is 0.765. The number of rotatable bonds is 0. The van der Waals surface area contributed by atoms with Gasteiger partial charge < -0.3 is 0 Å². The van der Waals surface area contributed by atoms with Crippen LogP contribution in [0.3, 0.4) is 0 Å². The summed E-state index contributed by atoms with van der Waals surface area (Å²) >= 11 is 4.12.